The van der Waals surface area contributed by atoms with E-state index in [0.717, 1.165) is 5.56 Å². The summed E-state index contributed by atoms with van der Waals surface area (Å²) in [5, 5.41) is 6.46. The van der Waals surface area contributed by atoms with Gasteiger partial charge in [-0.15, -0.1) is 0 Å². The van der Waals surface area contributed by atoms with Crippen LogP contribution in [0.2, 0.25) is 5.02 Å². The molecule has 7 nitrogen and oxygen atoms in total. The smallest absolute Gasteiger partial charge is 0.257 e. The molecule has 0 bridgehead atoms. The van der Waals surface area contributed by atoms with Gasteiger partial charge in [-0.05, 0) is 50.1 Å². The van der Waals surface area contributed by atoms with E-state index in [-0.39, 0.29) is 45.6 Å². The average molecular weight is 466 g/mol. The van der Waals surface area contributed by atoms with Gasteiger partial charge in [-0.25, -0.2) is 17.5 Å². The van der Waals surface area contributed by atoms with Crippen LogP contribution in [-0.4, -0.2) is 32.6 Å². The SMILES string of the molecule is Cc1ccc(C)c(S(=O)(=O)NCCNC(=O)c2c(-c3c(F)cccc3Cl)noc2C)c1. The molecule has 1 amide bonds. The van der Waals surface area contributed by atoms with Gasteiger partial charge in [-0.3, -0.25) is 4.79 Å². The molecule has 0 unspecified atom stereocenters. The molecule has 1 aromatic heterocycles. The van der Waals surface area contributed by atoms with Gasteiger partial charge in [0, 0.05) is 13.1 Å². The van der Waals surface area contributed by atoms with Gasteiger partial charge in [0.05, 0.1) is 15.5 Å². The molecular weight excluding hydrogens is 445 g/mol. The molecule has 31 heavy (non-hydrogen) atoms. The molecule has 2 aromatic carbocycles. The van der Waals surface area contributed by atoms with Crippen molar-refractivity contribution in [3.8, 4) is 11.3 Å². The summed E-state index contributed by atoms with van der Waals surface area (Å²) in [6.07, 6.45) is 0. The fraction of sp³-hybridized carbons (Fsp3) is 0.238. The number of sulfonamides is 1. The minimum absolute atomic E-state index is 0.00199. The molecule has 0 radical (unpaired) electrons. The quantitative estimate of drug-likeness (QED) is 0.517. The third-order valence-electron chi connectivity index (χ3n) is 4.63. The Hall–Kier alpha value is -2.75. The normalized spacial score (nSPS) is 11.5. The number of nitrogens with zero attached hydrogens (tertiary/aromatic N) is 1. The Morgan fingerprint density at radius 3 is 2.61 bits per heavy atom. The van der Waals surface area contributed by atoms with Gasteiger partial charge in [0.2, 0.25) is 10.0 Å². The summed E-state index contributed by atoms with van der Waals surface area (Å²) in [6.45, 7) is 4.99. The summed E-state index contributed by atoms with van der Waals surface area (Å²) >= 11 is 6.08. The molecule has 0 aliphatic heterocycles. The van der Waals surface area contributed by atoms with Crippen LogP contribution < -0.4 is 10.0 Å². The van der Waals surface area contributed by atoms with Gasteiger partial charge >= 0.3 is 0 Å². The van der Waals surface area contributed by atoms with Gasteiger partial charge < -0.3 is 9.84 Å². The van der Waals surface area contributed by atoms with Crippen molar-refractivity contribution in [1.29, 1.82) is 0 Å². The molecule has 10 heteroatoms. The van der Waals surface area contributed by atoms with E-state index < -0.39 is 21.7 Å². The first-order valence-electron chi connectivity index (χ1n) is 9.37. The molecule has 0 atom stereocenters. The topological polar surface area (TPSA) is 101 Å². The molecular formula is C21H21ClFN3O4S. The number of nitrogens with one attached hydrogen (secondary N) is 2. The number of carbonyl (C=O) groups is 1. The van der Waals surface area contributed by atoms with E-state index >= 15 is 0 Å². The molecule has 2 N–H and O–H groups in total. The van der Waals surface area contributed by atoms with Crippen molar-refractivity contribution in [2.24, 2.45) is 0 Å². The summed E-state index contributed by atoms with van der Waals surface area (Å²) in [5.41, 5.74) is 1.41. The Kier molecular flexibility index (Phi) is 6.78. The van der Waals surface area contributed by atoms with Crippen LogP contribution >= 0.6 is 11.6 Å². The van der Waals surface area contributed by atoms with Crippen molar-refractivity contribution in [1.82, 2.24) is 15.2 Å². The van der Waals surface area contributed by atoms with Crippen molar-refractivity contribution >= 4 is 27.5 Å². The van der Waals surface area contributed by atoms with Crippen LogP contribution in [-0.2, 0) is 10.0 Å². The lowest BCUT2D eigenvalue weighted by Crippen LogP contribution is -2.35. The van der Waals surface area contributed by atoms with Crippen molar-refractivity contribution in [3.05, 3.63) is 69.7 Å². The first-order valence-corrected chi connectivity index (χ1v) is 11.2. The molecule has 0 saturated carbocycles. The second-order valence-electron chi connectivity index (χ2n) is 6.98. The maximum absolute atomic E-state index is 14.3. The highest BCUT2D eigenvalue weighted by Gasteiger charge is 2.25. The van der Waals surface area contributed by atoms with Crippen molar-refractivity contribution in [3.63, 3.8) is 0 Å². The van der Waals surface area contributed by atoms with Crippen molar-refractivity contribution in [2.75, 3.05) is 13.1 Å². The fourth-order valence-electron chi connectivity index (χ4n) is 3.06. The van der Waals surface area contributed by atoms with Gasteiger partial charge in [0.1, 0.15) is 22.8 Å². The second-order valence-corrected chi connectivity index (χ2v) is 9.12. The molecule has 0 aliphatic rings. The number of hydrogen-bond donors (Lipinski definition) is 2. The Morgan fingerprint density at radius 1 is 1.16 bits per heavy atom. The van der Waals surface area contributed by atoms with Crippen LogP contribution in [0, 0.1) is 26.6 Å². The van der Waals surface area contributed by atoms with Gasteiger partial charge in [-0.1, -0.05) is 35.0 Å². The highest BCUT2D eigenvalue weighted by molar-refractivity contribution is 7.89. The predicted molar refractivity (Wildman–Crippen MR) is 115 cm³/mol. The minimum atomic E-state index is -3.73. The Labute approximate surface area is 184 Å². The summed E-state index contributed by atoms with van der Waals surface area (Å²) < 4.78 is 46.9. The highest BCUT2D eigenvalue weighted by Crippen LogP contribution is 2.33. The lowest BCUT2D eigenvalue weighted by molar-refractivity contribution is 0.0953. The maximum atomic E-state index is 14.3. The number of halogens is 2. The Bertz CT molecular complexity index is 1220. The predicted octanol–water partition coefficient (Wildman–Crippen LogP) is 3.77. The van der Waals surface area contributed by atoms with Crippen LogP contribution in [0.5, 0.6) is 0 Å². The highest BCUT2D eigenvalue weighted by atomic mass is 35.5. The standard InChI is InChI=1S/C21H21ClFN3O4S/c1-12-7-8-13(2)17(11-12)31(28,29)25-10-9-24-21(27)18-14(3)30-26-20(18)19-15(22)5-4-6-16(19)23/h4-8,11,25H,9-10H2,1-3H3,(H,24,27). The molecule has 3 aromatic rings. The zero-order valence-electron chi connectivity index (χ0n) is 17.1. The molecule has 3 rings (SSSR count). The van der Waals surface area contributed by atoms with E-state index in [1.807, 2.05) is 6.07 Å². The molecule has 0 fully saturated rings. The molecule has 0 saturated heterocycles. The monoisotopic (exact) mass is 465 g/mol. The minimum Gasteiger partial charge on any atom is -0.360 e. The summed E-state index contributed by atoms with van der Waals surface area (Å²) in [5.74, 6) is -1.04. The van der Waals surface area contributed by atoms with Crippen LogP contribution in [0.1, 0.15) is 27.2 Å². The number of benzene rings is 2. The van der Waals surface area contributed by atoms with Gasteiger partial charge in [0.15, 0.2) is 0 Å². The zero-order valence-corrected chi connectivity index (χ0v) is 18.7. The number of carbonyl (C=O) groups excluding carboxylic acids is 1. The van der Waals surface area contributed by atoms with Crippen LogP contribution in [0.25, 0.3) is 11.3 Å². The average Bonchev–Trinajstić information content (AvgIpc) is 3.08. The number of aryl methyl sites for hydroxylation is 3. The van der Waals surface area contributed by atoms with E-state index in [2.05, 4.69) is 15.2 Å². The third-order valence-corrected chi connectivity index (χ3v) is 6.54. The van der Waals surface area contributed by atoms with E-state index in [4.69, 9.17) is 16.1 Å². The summed E-state index contributed by atoms with van der Waals surface area (Å²) in [6, 6.07) is 9.27. The number of hydrogen-bond acceptors (Lipinski definition) is 5. The largest absolute Gasteiger partial charge is 0.360 e. The third kappa shape index (κ3) is 4.95. The fourth-order valence-corrected chi connectivity index (χ4v) is 4.67. The van der Waals surface area contributed by atoms with Gasteiger partial charge in [-0.2, -0.15) is 0 Å². The van der Waals surface area contributed by atoms with E-state index in [1.165, 1.54) is 25.1 Å². The lowest BCUT2D eigenvalue weighted by atomic mass is 10.0. The summed E-state index contributed by atoms with van der Waals surface area (Å²) in [4.78, 5) is 12.9. The first kappa shape index (κ1) is 22.9. The van der Waals surface area contributed by atoms with E-state index in [9.17, 15) is 17.6 Å². The second kappa shape index (κ2) is 9.17. The maximum Gasteiger partial charge on any atom is 0.257 e. The Balaban J connectivity index is 1.70. The first-order chi connectivity index (χ1) is 14.6. The van der Waals surface area contributed by atoms with Crippen molar-refractivity contribution < 1.29 is 22.1 Å². The van der Waals surface area contributed by atoms with Crippen molar-refractivity contribution in [2.45, 2.75) is 25.7 Å². The molecule has 164 valence electrons. The van der Waals surface area contributed by atoms with Crippen LogP contribution in [0.3, 0.4) is 0 Å². The molecule has 1 heterocycles. The molecule has 0 spiro atoms. The van der Waals surface area contributed by atoms with Crippen LogP contribution in [0.15, 0.2) is 45.8 Å². The van der Waals surface area contributed by atoms with E-state index in [0.29, 0.717) is 5.56 Å². The summed E-state index contributed by atoms with van der Waals surface area (Å²) in [7, 11) is -3.73. The number of aromatic nitrogens is 1. The molecule has 0 aliphatic carbocycles. The number of amides is 1. The Morgan fingerprint density at radius 2 is 1.90 bits per heavy atom. The lowest BCUT2D eigenvalue weighted by Gasteiger charge is -2.11. The van der Waals surface area contributed by atoms with Crippen LogP contribution in [0.4, 0.5) is 4.39 Å². The van der Waals surface area contributed by atoms with E-state index in [1.54, 1.807) is 26.0 Å². The zero-order chi connectivity index (χ0) is 22.8. The van der Waals surface area contributed by atoms with Gasteiger partial charge in [0.25, 0.3) is 5.91 Å². The number of rotatable bonds is 7.